The molecule has 3 N–H and O–H groups in total. The maximum absolute atomic E-state index is 11.8. The molecule has 0 radical (unpaired) electrons. The lowest BCUT2D eigenvalue weighted by molar-refractivity contribution is 0.260. The van der Waals surface area contributed by atoms with Crippen molar-refractivity contribution in [2.24, 2.45) is 9.50 Å². The average molecular weight is 303 g/mol. The first kappa shape index (κ1) is 14.0. The van der Waals surface area contributed by atoms with Crippen LogP contribution in [0.2, 0.25) is 0 Å². The monoisotopic (exact) mass is 303 g/mol. The molecule has 2 aliphatic carbocycles. The van der Waals surface area contributed by atoms with E-state index in [1.54, 1.807) is 0 Å². The first-order valence-corrected chi connectivity index (χ1v) is 8.07. The highest BCUT2D eigenvalue weighted by Gasteiger charge is 2.29. The molecule has 0 bridgehead atoms. The molecule has 1 aromatic rings. The quantitative estimate of drug-likeness (QED) is 0.775. The fourth-order valence-electron chi connectivity index (χ4n) is 3.45. The minimum Gasteiger partial charge on any atom is -0.430 e. The Morgan fingerprint density at radius 3 is 2.14 bits per heavy atom. The molecule has 0 heterocycles. The Kier molecular flexibility index (Phi) is 3.66. The molecule has 7 heteroatoms. The van der Waals surface area contributed by atoms with Gasteiger partial charge in [-0.25, -0.2) is 4.79 Å². The smallest absolute Gasteiger partial charge is 0.323 e. The molecule has 0 saturated carbocycles. The molecule has 0 saturated heterocycles. The topological polar surface area (TPSA) is 108 Å². The van der Waals surface area contributed by atoms with Gasteiger partial charge in [0.05, 0.1) is 11.6 Å². The maximum atomic E-state index is 11.8. The van der Waals surface area contributed by atoms with Crippen molar-refractivity contribution in [3.05, 3.63) is 27.8 Å². The van der Waals surface area contributed by atoms with Crippen molar-refractivity contribution in [3.8, 4) is 6.07 Å². The van der Waals surface area contributed by atoms with Crippen molar-refractivity contribution in [2.45, 2.75) is 38.5 Å². The standard InChI is InChI=1S/C14H15N4O2S/c15-7-12-8-3-1-5-10(8)13(11-6-2-4-9(11)12)17-14(19)18-21(16)20/h1-6H2,(H3,16,17,18,19,20)/q-1. The van der Waals surface area contributed by atoms with Crippen LogP contribution in [0.1, 0.15) is 40.7 Å². The van der Waals surface area contributed by atoms with Gasteiger partial charge < -0.3 is 19.0 Å². The van der Waals surface area contributed by atoms with E-state index >= 15 is 0 Å². The number of nitrogens with one attached hydrogen (secondary N) is 1. The molecule has 0 fully saturated rings. The third-order valence-corrected chi connectivity index (χ3v) is 4.51. The number of nitrogens with two attached hydrogens (primary N) is 1. The number of nitrogens with zero attached hydrogens (tertiary/aromatic N) is 2. The third kappa shape index (κ3) is 2.41. The highest BCUT2D eigenvalue weighted by Crippen LogP contribution is 2.41. The first-order chi connectivity index (χ1) is 10.1. The van der Waals surface area contributed by atoms with E-state index in [1.165, 1.54) is 0 Å². The summed E-state index contributed by atoms with van der Waals surface area (Å²) < 4.78 is 14.1. The molecule has 0 atom stereocenters. The highest BCUT2D eigenvalue weighted by molar-refractivity contribution is 7.72. The van der Waals surface area contributed by atoms with Crippen molar-refractivity contribution < 1.29 is 9.00 Å². The second-order valence-electron chi connectivity index (χ2n) is 5.28. The number of carbonyl (C=O) groups is 1. The van der Waals surface area contributed by atoms with E-state index in [2.05, 4.69) is 15.7 Å². The predicted molar refractivity (Wildman–Crippen MR) is 78.9 cm³/mol. The molecule has 0 spiro atoms. The van der Waals surface area contributed by atoms with Gasteiger partial charge in [-0.2, -0.15) is 5.26 Å². The molecule has 0 aromatic heterocycles. The van der Waals surface area contributed by atoms with E-state index in [-0.39, 0.29) is 0 Å². The summed E-state index contributed by atoms with van der Waals surface area (Å²) in [5.74, 6) is 0. The van der Waals surface area contributed by atoms with Crippen LogP contribution in [-0.2, 0) is 40.7 Å². The summed E-state index contributed by atoms with van der Waals surface area (Å²) in [6.45, 7) is 0. The molecule has 3 rings (SSSR count). The Labute approximate surface area is 124 Å². The van der Waals surface area contributed by atoms with Crippen LogP contribution in [0.5, 0.6) is 0 Å². The van der Waals surface area contributed by atoms with Gasteiger partial charge in [-0.1, -0.05) is 0 Å². The molecule has 2 amide bonds. The van der Waals surface area contributed by atoms with Gasteiger partial charge in [-0.15, -0.1) is 10.8 Å². The normalized spacial score (nSPS) is 17.1. The zero-order valence-corrected chi connectivity index (χ0v) is 12.3. The number of fused-ring (bicyclic) bond motifs is 2. The minimum atomic E-state index is -2.01. The van der Waals surface area contributed by atoms with Gasteiger partial charge in [-0.05, 0) is 60.8 Å². The Bertz CT molecular complexity index is 722. The van der Waals surface area contributed by atoms with Crippen LogP contribution in [0.3, 0.4) is 0 Å². The summed E-state index contributed by atoms with van der Waals surface area (Å²) in [4.78, 5) is 11.8. The number of amides is 2. The number of nitriles is 1. The first-order valence-electron chi connectivity index (χ1n) is 6.90. The average Bonchev–Trinajstić information content (AvgIpc) is 3.05. The van der Waals surface area contributed by atoms with Crippen molar-refractivity contribution in [2.75, 3.05) is 5.32 Å². The van der Waals surface area contributed by atoms with Gasteiger partial charge >= 0.3 is 6.03 Å². The van der Waals surface area contributed by atoms with E-state index < -0.39 is 16.8 Å². The summed E-state index contributed by atoms with van der Waals surface area (Å²) in [5.41, 5.74) is 5.77. The molecule has 110 valence electrons. The Morgan fingerprint density at radius 1 is 1.14 bits per heavy atom. The lowest BCUT2D eigenvalue weighted by atomic mass is 9.93. The fraction of sp³-hybridized carbons (Fsp3) is 0.429. The molecule has 0 aliphatic heterocycles. The second kappa shape index (κ2) is 5.47. The number of carbonyl (C=O) groups excluding carboxylic acids is 1. The molecule has 2 aliphatic rings. The van der Waals surface area contributed by atoms with Gasteiger partial charge in [0.2, 0.25) is 0 Å². The van der Waals surface area contributed by atoms with Crippen LogP contribution in [0.15, 0.2) is 4.36 Å². The number of urea groups is 1. The highest BCUT2D eigenvalue weighted by atomic mass is 32.2. The molecule has 1 aromatic carbocycles. The van der Waals surface area contributed by atoms with Gasteiger partial charge in [0, 0.05) is 5.69 Å². The Morgan fingerprint density at radius 2 is 1.67 bits per heavy atom. The SMILES string of the molecule is N#Cc1c2c(c(NC(=O)N=[S-](N)=O)c3c1CCC3)CCC2. The zero-order valence-electron chi connectivity index (χ0n) is 11.4. The summed E-state index contributed by atoms with van der Waals surface area (Å²) in [7, 11) is -2.01. The maximum Gasteiger partial charge on any atom is 0.323 e. The molecule has 0 unspecified atom stereocenters. The summed E-state index contributed by atoms with van der Waals surface area (Å²) in [6.07, 6.45) is 5.39. The van der Waals surface area contributed by atoms with E-state index in [0.29, 0.717) is 0 Å². The number of benzene rings is 1. The van der Waals surface area contributed by atoms with Crippen molar-refractivity contribution in [1.29, 1.82) is 5.26 Å². The van der Waals surface area contributed by atoms with Crippen molar-refractivity contribution in [1.82, 2.24) is 0 Å². The van der Waals surface area contributed by atoms with Crippen LogP contribution >= 0.6 is 0 Å². The van der Waals surface area contributed by atoms with E-state index in [0.717, 1.165) is 72.0 Å². The second-order valence-corrected chi connectivity index (χ2v) is 6.02. The summed E-state index contributed by atoms with van der Waals surface area (Å²) in [5, 5.41) is 17.2. The van der Waals surface area contributed by atoms with Crippen LogP contribution in [0.4, 0.5) is 10.5 Å². The zero-order chi connectivity index (χ0) is 15.0. The number of hydrogen-bond donors (Lipinski definition) is 2. The summed E-state index contributed by atoms with van der Waals surface area (Å²) >= 11 is 0. The van der Waals surface area contributed by atoms with Crippen molar-refractivity contribution in [3.63, 3.8) is 0 Å². The molecular formula is C14H15N4O2S-. The van der Waals surface area contributed by atoms with Gasteiger partial charge in [0.15, 0.2) is 0 Å². The minimum absolute atomic E-state index is 0.691. The Balaban J connectivity index is 2.14. The lowest BCUT2D eigenvalue weighted by Gasteiger charge is -2.17. The number of anilines is 1. The third-order valence-electron chi connectivity index (χ3n) is 4.16. The van der Waals surface area contributed by atoms with Crippen molar-refractivity contribution >= 4 is 22.5 Å². The number of rotatable bonds is 1. The molecule has 6 nitrogen and oxygen atoms in total. The number of hydrogen-bond acceptors (Lipinski definition) is 4. The van der Waals surface area contributed by atoms with Crippen LogP contribution in [0, 0.1) is 11.3 Å². The van der Waals surface area contributed by atoms with Crippen LogP contribution in [0.25, 0.3) is 0 Å². The van der Waals surface area contributed by atoms with E-state index in [9.17, 15) is 14.3 Å². The Hall–Kier alpha value is -1.91. The summed E-state index contributed by atoms with van der Waals surface area (Å²) in [6, 6.07) is 1.64. The van der Waals surface area contributed by atoms with E-state index in [4.69, 9.17) is 5.14 Å². The van der Waals surface area contributed by atoms with Crippen LogP contribution < -0.4 is 10.5 Å². The fourth-order valence-corrected chi connectivity index (χ4v) is 3.66. The van der Waals surface area contributed by atoms with Gasteiger partial charge in [0.25, 0.3) is 0 Å². The van der Waals surface area contributed by atoms with Gasteiger partial charge in [-0.3, -0.25) is 0 Å². The molecular weight excluding hydrogens is 288 g/mol. The van der Waals surface area contributed by atoms with E-state index in [1.807, 2.05) is 0 Å². The lowest BCUT2D eigenvalue weighted by Crippen LogP contribution is -2.13. The predicted octanol–water partition coefficient (Wildman–Crippen LogP) is 2.09. The van der Waals surface area contributed by atoms with Gasteiger partial charge in [0.1, 0.15) is 0 Å². The molecule has 21 heavy (non-hydrogen) atoms. The van der Waals surface area contributed by atoms with Crippen LogP contribution in [-0.4, -0.2) is 6.03 Å². The largest absolute Gasteiger partial charge is 0.430 e.